The summed E-state index contributed by atoms with van der Waals surface area (Å²) in [5, 5.41) is 8.85. The third-order valence-electron chi connectivity index (χ3n) is 1.36. The SMILES string of the molecule is CC(C)OC(=O)c1ncc(O)cc1F. The number of esters is 1. The molecule has 0 unspecified atom stereocenters. The van der Waals surface area contributed by atoms with Gasteiger partial charge in [0.25, 0.3) is 0 Å². The summed E-state index contributed by atoms with van der Waals surface area (Å²) in [6, 6.07) is 0.809. The summed E-state index contributed by atoms with van der Waals surface area (Å²) in [6.45, 7) is 3.30. The smallest absolute Gasteiger partial charge is 0.360 e. The molecule has 14 heavy (non-hydrogen) atoms. The van der Waals surface area contributed by atoms with E-state index in [0.717, 1.165) is 12.3 Å². The number of carbonyl (C=O) groups is 1. The summed E-state index contributed by atoms with van der Waals surface area (Å²) in [5.41, 5.74) is -0.420. The van der Waals surface area contributed by atoms with E-state index < -0.39 is 17.5 Å². The molecule has 5 heteroatoms. The second kappa shape index (κ2) is 4.04. The first-order valence-electron chi connectivity index (χ1n) is 4.06. The van der Waals surface area contributed by atoms with E-state index in [1.807, 2.05) is 0 Å². The van der Waals surface area contributed by atoms with Crippen LogP contribution in [0.3, 0.4) is 0 Å². The zero-order chi connectivity index (χ0) is 10.7. The van der Waals surface area contributed by atoms with Gasteiger partial charge in [-0.1, -0.05) is 0 Å². The molecule has 1 aromatic heterocycles. The molecule has 0 spiro atoms. The van der Waals surface area contributed by atoms with Crippen LogP contribution in [-0.4, -0.2) is 22.2 Å². The topological polar surface area (TPSA) is 59.4 Å². The molecular weight excluding hydrogens is 189 g/mol. The molecule has 1 N–H and O–H groups in total. The van der Waals surface area contributed by atoms with Gasteiger partial charge in [-0.15, -0.1) is 0 Å². The van der Waals surface area contributed by atoms with Crippen molar-refractivity contribution in [2.45, 2.75) is 20.0 Å². The van der Waals surface area contributed by atoms with Gasteiger partial charge in [0.15, 0.2) is 11.5 Å². The van der Waals surface area contributed by atoms with Gasteiger partial charge in [-0.2, -0.15) is 0 Å². The van der Waals surface area contributed by atoms with Crippen LogP contribution in [0.2, 0.25) is 0 Å². The van der Waals surface area contributed by atoms with Gasteiger partial charge in [0, 0.05) is 6.07 Å². The van der Waals surface area contributed by atoms with Crippen molar-refractivity contribution < 1.29 is 19.0 Å². The summed E-state index contributed by atoms with van der Waals surface area (Å²) < 4.78 is 17.8. The second-order valence-corrected chi connectivity index (χ2v) is 2.98. The average Bonchev–Trinajstić information content (AvgIpc) is 2.01. The van der Waals surface area contributed by atoms with E-state index in [2.05, 4.69) is 4.98 Å². The Bertz CT molecular complexity index is 352. The molecule has 0 saturated heterocycles. The summed E-state index contributed by atoms with van der Waals surface area (Å²) >= 11 is 0. The molecule has 76 valence electrons. The van der Waals surface area contributed by atoms with Gasteiger partial charge in [0.1, 0.15) is 5.75 Å². The second-order valence-electron chi connectivity index (χ2n) is 2.98. The number of ether oxygens (including phenoxy) is 1. The van der Waals surface area contributed by atoms with Gasteiger partial charge >= 0.3 is 5.97 Å². The number of hydrogen-bond donors (Lipinski definition) is 1. The Morgan fingerprint density at radius 2 is 2.29 bits per heavy atom. The molecule has 0 radical (unpaired) electrons. The summed E-state index contributed by atoms with van der Waals surface area (Å²) in [7, 11) is 0. The van der Waals surface area contributed by atoms with E-state index in [4.69, 9.17) is 9.84 Å². The number of nitrogens with zero attached hydrogens (tertiary/aromatic N) is 1. The Labute approximate surface area is 80.3 Å². The molecular formula is C9H10FNO3. The van der Waals surface area contributed by atoms with Crippen molar-refractivity contribution in [2.24, 2.45) is 0 Å². The van der Waals surface area contributed by atoms with Gasteiger partial charge in [0.2, 0.25) is 0 Å². The quantitative estimate of drug-likeness (QED) is 0.733. The van der Waals surface area contributed by atoms with Crippen molar-refractivity contribution in [2.75, 3.05) is 0 Å². The van der Waals surface area contributed by atoms with Crippen LogP contribution in [0, 0.1) is 5.82 Å². The standard InChI is InChI=1S/C9H10FNO3/c1-5(2)14-9(13)8-7(10)3-6(12)4-11-8/h3-5,12H,1-2H3. The number of aromatic hydroxyl groups is 1. The monoisotopic (exact) mass is 199 g/mol. The highest BCUT2D eigenvalue weighted by molar-refractivity contribution is 5.87. The highest BCUT2D eigenvalue weighted by Crippen LogP contribution is 2.13. The van der Waals surface area contributed by atoms with Crippen LogP contribution in [-0.2, 0) is 4.74 Å². The predicted molar refractivity (Wildman–Crippen MR) is 46.4 cm³/mol. The maximum Gasteiger partial charge on any atom is 0.360 e. The zero-order valence-electron chi connectivity index (χ0n) is 7.82. The first-order valence-corrected chi connectivity index (χ1v) is 4.06. The fourth-order valence-corrected chi connectivity index (χ4v) is 0.848. The van der Waals surface area contributed by atoms with Crippen LogP contribution < -0.4 is 0 Å². The van der Waals surface area contributed by atoms with Crippen molar-refractivity contribution in [3.05, 3.63) is 23.8 Å². The number of hydrogen-bond acceptors (Lipinski definition) is 4. The Hall–Kier alpha value is -1.65. The number of halogens is 1. The van der Waals surface area contributed by atoms with Crippen LogP contribution in [0.5, 0.6) is 5.75 Å². The van der Waals surface area contributed by atoms with Gasteiger partial charge in [-0.3, -0.25) is 0 Å². The Kier molecular flexibility index (Phi) is 3.01. The zero-order valence-corrected chi connectivity index (χ0v) is 7.82. The van der Waals surface area contributed by atoms with Crippen LogP contribution in [0.15, 0.2) is 12.3 Å². The van der Waals surface area contributed by atoms with E-state index in [1.54, 1.807) is 13.8 Å². The molecule has 0 aliphatic heterocycles. The Morgan fingerprint density at radius 3 is 2.79 bits per heavy atom. The minimum absolute atomic E-state index is 0.330. The number of carbonyl (C=O) groups excluding carboxylic acids is 1. The molecule has 1 heterocycles. The molecule has 0 saturated carbocycles. The van der Waals surface area contributed by atoms with Crippen LogP contribution in [0.25, 0.3) is 0 Å². The lowest BCUT2D eigenvalue weighted by Crippen LogP contribution is -2.14. The molecule has 0 aromatic carbocycles. The first kappa shape index (κ1) is 10.4. The molecule has 4 nitrogen and oxygen atoms in total. The molecule has 1 rings (SSSR count). The molecule has 0 aliphatic rings. The van der Waals surface area contributed by atoms with Gasteiger partial charge in [-0.25, -0.2) is 14.2 Å². The van der Waals surface area contributed by atoms with E-state index in [1.165, 1.54) is 0 Å². The van der Waals surface area contributed by atoms with Crippen molar-refractivity contribution in [3.63, 3.8) is 0 Å². The van der Waals surface area contributed by atoms with Crippen LogP contribution >= 0.6 is 0 Å². The maximum absolute atomic E-state index is 13.0. The van der Waals surface area contributed by atoms with Crippen LogP contribution in [0.4, 0.5) is 4.39 Å². The minimum atomic E-state index is -0.893. The van der Waals surface area contributed by atoms with E-state index in [-0.39, 0.29) is 11.9 Å². The fourth-order valence-electron chi connectivity index (χ4n) is 0.848. The molecule has 0 amide bonds. The first-order chi connectivity index (χ1) is 6.50. The lowest BCUT2D eigenvalue weighted by molar-refractivity contribution is 0.0365. The summed E-state index contributed by atoms with van der Waals surface area (Å²) in [6.07, 6.45) is 0.650. The number of rotatable bonds is 2. The summed E-state index contributed by atoms with van der Waals surface area (Å²) in [5.74, 6) is -2.06. The molecule has 0 bridgehead atoms. The largest absolute Gasteiger partial charge is 0.506 e. The normalized spacial score (nSPS) is 10.3. The minimum Gasteiger partial charge on any atom is -0.506 e. The predicted octanol–water partition coefficient (Wildman–Crippen LogP) is 1.49. The van der Waals surface area contributed by atoms with Gasteiger partial charge in [0.05, 0.1) is 12.3 Å². The lowest BCUT2D eigenvalue weighted by Gasteiger charge is -2.07. The van der Waals surface area contributed by atoms with E-state index in [0.29, 0.717) is 0 Å². The van der Waals surface area contributed by atoms with Crippen molar-refractivity contribution in [1.82, 2.24) is 4.98 Å². The van der Waals surface area contributed by atoms with Crippen molar-refractivity contribution in [1.29, 1.82) is 0 Å². The van der Waals surface area contributed by atoms with Gasteiger partial charge < -0.3 is 9.84 Å². The average molecular weight is 199 g/mol. The van der Waals surface area contributed by atoms with Crippen molar-refractivity contribution in [3.8, 4) is 5.75 Å². The van der Waals surface area contributed by atoms with Gasteiger partial charge in [-0.05, 0) is 13.8 Å². The molecule has 0 fully saturated rings. The molecule has 0 aliphatic carbocycles. The fraction of sp³-hybridized carbons (Fsp3) is 0.333. The third kappa shape index (κ3) is 2.42. The highest BCUT2D eigenvalue weighted by atomic mass is 19.1. The van der Waals surface area contributed by atoms with Crippen molar-refractivity contribution >= 4 is 5.97 Å². The number of pyridine rings is 1. The number of aromatic nitrogens is 1. The lowest BCUT2D eigenvalue weighted by atomic mass is 10.3. The summed E-state index contributed by atoms with van der Waals surface area (Å²) in [4.78, 5) is 14.6. The van der Waals surface area contributed by atoms with Crippen LogP contribution in [0.1, 0.15) is 24.3 Å². The third-order valence-corrected chi connectivity index (χ3v) is 1.36. The molecule has 0 atom stereocenters. The Morgan fingerprint density at radius 1 is 1.64 bits per heavy atom. The van der Waals surface area contributed by atoms with E-state index >= 15 is 0 Å². The molecule has 1 aromatic rings. The highest BCUT2D eigenvalue weighted by Gasteiger charge is 2.16. The van der Waals surface area contributed by atoms with E-state index in [9.17, 15) is 9.18 Å². The maximum atomic E-state index is 13.0. The Balaban J connectivity index is 2.90.